The lowest BCUT2D eigenvalue weighted by Crippen LogP contribution is -2.24. The van der Waals surface area contributed by atoms with E-state index >= 15 is 0 Å². The lowest BCUT2D eigenvalue weighted by molar-refractivity contribution is 0.138. The summed E-state index contributed by atoms with van der Waals surface area (Å²) in [5, 5.41) is 0. The molecule has 0 spiro atoms. The van der Waals surface area contributed by atoms with E-state index in [-0.39, 0.29) is 5.60 Å². The summed E-state index contributed by atoms with van der Waals surface area (Å²) in [6.07, 6.45) is 4.93. The van der Waals surface area contributed by atoms with E-state index in [9.17, 15) is 0 Å². The van der Waals surface area contributed by atoms with Crippen LogP contribution in [-0.4, -0.2) is 11.5 Å². The number of hydrogen-bond acceptors (Lipinski definition) is 1. The van der Waals surface area contributed by atoms with Crippen LogP contribution in [0.25, 0.3) is 6.08 Å². The second kappa shape index (κ2) is 3.90. The zero-order valence-corrected chi connectivity index (χ0v) is 9.84. The number of allylic oxidation sites excluding steroid dienone is 1. The van der Waals surface area contributed by atoms with E-state index in [1.54, 1.807) is 0 Å². The first-order valence-electron chi connectivity index (χ1n) is 5.16. The standard InChI is InChI=1S/C13H15ClO/c1-13(2)9-11-6-3-5-10(7-4-8-14)12(11)15-13/h3-7H,8-9H2,1-2H3. The van der Waals surface area contributed by atoms with E-state index in [0.29, 0.717) is 5.88 Å². The predicted molar refractivity (Wildman–Crippen MR) is 64.6 cm³/mol. The van der Waals surface area contributed by atoms with Crippen LogP contribution in [0.3, 0.4) is 0 Å². The largest absolute Gasteiger partial charge is 0.487 e. The van der Waals surface area contributed by atoms with Crippen molar-refractivity contribution in [3.8, 4) is 5.75 Å². The molecule has 0 aromatic heterocycles. The van der Waals surface area contributed by atoms with Crippen molar-refractivity contribution in [2.45, 2.75) is 25.9 Å². The van der Waals surface area contributed by atoms with Gasteiger partial charge in [0, 0.05) is 17.9 Å². The van der Waals surface area contributed by atoms with Crippen LogP contribution >= 0.6 is 11.6 Å². The predicted octanol–water partition coefficient (Wildman–Crippen LogP) is 3.65. The Balaban J connectivity index is 2.37. The summed E-state index contributed by atoms with van der Waals surface area (Å²) < 4.78 is 5.93. The lowest BCUT2D eigenvalue weighted by atomic mass is 10.0. The molecule has 0 N–H and O–H groups in total. The van der Waals surface area contributed by atoms with E-state index in [1.165, 1.54) is 5.56 Å². The summed E-state index contributed by atoms with van der Waals surface area (Å²) >= 11 is 5.63. The number of fused-ring (bicyclic) bond motifs is 1. The van der Waals surface area contributed by atoms with Gasteiger partial charge in [-0.3, -0.25) is 0 Å². The number of rotatable bonds is 2. The second-order valence-electron chi connectivity index (χ2n) is 4.43. The topological polar surface area (TPSA) is 9.23 Å². The van der Waals surface area contributed by atoms with Crippen molar-refractivity contribution in [3.63, 3.8) is 0 Å². The van der Waals surface area contributed by atoms with Gasteiger partial charge in [-0.2, -0.15) is 0 Å². The van der Waals surface area contributed by atoms with Crippen LogP contribution in [-0.2, 0) is 6.42 Å². The van der Waals surface area contributed by atoms with Crippen molar-refractivity contribution in [3.05, 3.63) is 35.4 Å². The number of alkyl halides is 1. The van der Waals surface area contributed by atoms with Gasteiger partial charge >= 0.3 is 0 Å². The minimum atomic E-state index is -0.0761. The van der Waals surface area contributed by atoms with Crippen LogP contribution in [0.15, 0.2) is 24.3 Å². The molecule has 15 heavy (non-hydrogen) atoms. The smallest absolute Gasteiger partial charge is 0.130 e. The minimum absolute atomic E-state index is 0.0761. The summed E-state index contributed by atoms with van der Waals surface area (Å²) in [6, 6.07) is 6.25. The molecule has 0 unspecified atom stereocenters. The second-order valence-corrected chi connectivity index (χ2v) is 4.74. The molecular weight excluding hydrogens is 208 g/mol. The molecule has 1 aromatic rings. The van der Waals surface area contributed by atoms with Gasteiger partial charge in [-0.05, 0) is 19.4 Å². The maximum absolute atomic E-state index is 5.93. The van der Waals surface area contributed by atoms with E-state index in [0.717, 1.165) is 17.7 Å². The highest BCUT2D eigenvalue weighted by atomic mass is 35.5. The van der Waals surface area contributed by atoms with Crippen molar-refractivity contribution in [1.29, 1.82) is 0 Å². The molecule has 0 radical (unpaired) electrons. The van der Waals surface area contributed by atoms with Crippen LogP contribution in [0.1, 0.15) is 25.0 Å². The van der Waals surface area contributed by atoms with Crippen molar-refractivity contribution in [1.82, 2.24) is 0 Å². The van der Waals surface area contributed by atoms with Gasteiger partial charge in [-0.25, -0.2) is 0 Å². The highest BCUT2D eigenvalue weighted by molar-refractivity contribution is 6.19. The van der Waals surface area contributed by atoms with E-state index in [1.807, 2.05) is 12.2 Å². The Labute approximate surface area is 95.7 Å². The summed E-state index contributed by atoms with van der Waals surface area (Å²) in [5.41, 5.74) is 2.34. The van der Waals surface area contributed by atoms with Gasteiger partial charge in [0.05, 0.1) is 0 Å². The van der Waals surface area contributed by atoms with Gasteiger partial charge in [-0.1, -0.05) is 30.4 Å². The number of hydrogen-bond donors (Lipinski definition) is 0. The highest BCUT2D eigenvalue weighted by Crippen LogP contribution is 2.37. The fraction of sp³-hybridized carbons (Fsp3) is 0.385. The average Bonchev–Trinajstić information content (AvgIpc) is 2.49. The van der Waals surface area contributed by atoms with Crippen LogP contribution in [0.4, 0.5) is 0 Å². The molecule has 0 amide bonds. The minimum Gasteiger partial charge on any atom is -0.487 e. The third-order valence-corrected chi connectivity index (χ3v) is 2.69. The molecule has 0 fully saturated rings. The SMILES string of the molecule is CC1(C)Cc2cccc(C=CCCl)c2O1. The van der Waals surface area contributed by atoms with Crippen LogP contribution in [0.2, 0.25) is 0 Å². The molecule has 2 heteroatoms. The molecule has 2 rings (SSSR count). The monoisotopic (exact) mass is 222 g/mol. The van der Waals surface area contributed by atoms with E-state index < -0.39 is 0 Å². The summed E-state index contributed by atoms with van der Waals surface area (Å²) in [5.74, 6) is 1.55. The third-order valence-electron chi connectivity index (χ3n) is 2.51. The quantitative estimate of drug-likeness (QED) is 0.694. The first kappa shape index (κ1) is 10.6. The van der Waals surface area contributed by atoms with Gasteiger partial charge in [0.1, 0.15) is 11.4 Å². The molecule has 80 valence electrons. The zero-order valence-electron chi connectivity index (χ0n) is 9.09. The number of halogens is 1. The molecule has 0 saturated heterocycles. The van der Waals surface area contributed by atoms with Gasteiger partial charge in [0.25, 0.3) is 0 Å². The molecule has 0 aliphatic carbocycles. The van der Waals surface area contributed by atoms with Crippen molar-refractivity contribution in [2.24, 2.45) is 0 Å². The maximum atomic E-state index is 5.93. The molecule has 1 aliphatic rings. The molecular formula is C13H15ClO. The first-order chi connectivity index (χ1) is 7.12. The maximum Gasteiger partial charge on any atom is 0.130 e. The van der Waals surface area contributed by atoms with Crippen LogP contribution in [0, 0.1) is 0 Å². The van der Waals surface area contributed by atoms with Gasteiger partial charge in [-0.15, -0.1) is 11.6 Å². The molecule has 1 heterocycles. The molecule has 1 aliphatic heterocycles. The summed E-state index contributed by atoms with van der Waals surface area (Å²) in [4.78, 5) is 0. The molecule has 1 aromatic carbocycles. The Morgan fingerprint density at radius 2 is 2.27 bits per heavy atom. The number of benzene rings is 1. The zero-order chi connectivity index (χ0) is 10.9. The van der Waals surface area contributed by atoms with Gasteiger partial charge in [0.2, 0.25) is 0 Å². The third kappa shape index (κ3) is 2.18. The number of ether oxygens (including phenoxy) is 1. The highest BCUT2D eigenvalue weighted by Gasteiger charge is 2.30. The fourth-order valence-corrected chi connectivity index (χ4v) is 2.03. The molecule has 1 nitrogen and oxygen atoms in total. The Hall–Kier alpha value is -0.950. The Morgan fingerprint density at radius 3 is 3.00 bits per heavy atom. The van der Waals surface area contributed by atoms with Crippen molar-refractivity contribution in [2.75, 3.05) is 5.88 Å². The summed E-state index contributed by atoms with van der Waals surface area (Å²) in [6.45, 7) is 4.23. The van der Waals surface area contributed by atoms with E-state index in [4.69, 9.17) is 16.3 Å². The Bertz CT molecular complexity index is 394. The first-order valence-corrected chi connectivity index (χ1v) is 5.69. The normalized spacial score (nSPS) is 17.8. The number of para-hydroxylation sites is 1. The van der Waals surface area contributed by atoms with Crippen LogP contribution < -0.4 is 4.74 Å². The van der Waals surface area contributed by atoms with Gasteiger partial charge in [0.15, 0.2) is 0 Å². The van der Waals surface area contributed by atoms with Crippen LogP contribution in [0.5, 0.6) is 5.75 Å². The van der Waals surface area contributed by atoms with Crippen molar-refractivity contribution < 1.29 is 4.74 Å². The summed E-state index contributed by atoms with van der Waals surface area (Å²) in [7, 11) is 0. The van der Waals surface area contributed by atoms with Crippen molar-refractivity contribution >= 4 is 17.7 Å². The Morgan fingerprint density at radius 1 is 1.47 bits per heavy atom. The Kier molecular flexibility index (Phi) is 2.74. The molecule has 0 atom stereocenters. The molecule has 0 bridgehead atoms. The molecule has 0 saturated carbocycles. The van der Waals surface area contributed by atoms with Gasteiger partial charge < -0.3 is 4.74 Å². The lowest BCUT2D eigenvalue weighted by Gasteiger charge is -2.17. The van der Waals surface area contributed by atoms with E-state index in [2.05, 4.69) is 32.0 Å². The average molecular weight is 223 g/mol. The fourth-order valence-electron chi connectivity index (χ4n) is 1.94.